The molecule has 7 aliphatic heterocycles. The van der Waals surface area contributed by atoms with Gasteiger partial charge in [-0.05, 0) is 0 Å². The summed E-state index contributed by atoms with van der Waals surface area (Å²) in [4.78, 5) is 76.3. The molecule has 7 fully saturated rings. The van der Waals surface area contributed by atoms with Crippen molar-refractivity contribution in [3.05, 3.63) is 0 Å². The zero-order chi connectivity index (χ0) is 84.5. The van der Waals surface area contributed by atoms with E-state index in [2.05, 4.69) is 21.3 Å². The number of rotatable bonds is 36. The van der Waals surface area contributed by atoms with E-state index in [9.17, 15) is 167 Å². The number of hydrogen-bond donors (Lipinski definition) is 31. The van der Waals surface area contributed by atoms with Crippen LogP contribution in [0.3, 0.4) is 0 Å². The molecule has 0 saturated carbocycles. The predicted molar refractivity (Wildman–Crippen MR) is 347 cm³/mol. The van der Waals surface area contributed by atoms with Gasteiger partial charge in [0, 0.05) is 40.5 Å². The molecular weight excluding hydrogens is 1550 g/mol. The molecule has 0 aromatic rings. The third-order valence-corrected chi connectivity index (χ3v) is 19.8. The van der Waals surface area contributed by atoms with Gasteiger partial charge in [-0.25, -0.2) is 9.59 Å². The fourth-order valence-corrected chi connectivity index (χ4v) is 13.9. The topological polar surface area (TPSA) is 826 Å². The third kappa shape index (κ3) is 21.8. The van der Waals surface area contributed by atoms with E-state index in [1.165, 1.54) is 0 Å². The van der Waals surface area contributed by atoms with Gasteiger partial charge in [-0.15, -0.1) is 0 Å². The summed E-state index contributed by atoms with van der Waals surface area (Å²) in [5.74, 6) is -14.3. The molecule has 51 nitrogen and oxygen atoms in total. The molecule has 0 bridgehead atoms. The Labute approximate surface area is 638 Å². The van der Waals surface area contributed by atoms with Crippen molar-refractivity contribution in [2.75, 3.05) is 59.5 Å². The minimum absolute atomic E-state index is 0.840. The van der Waals surface area contributed by atoms with Crippen molar-refractivity contribution >= 4 is 35.6 Å². The Bertz CT molecular complexity index is 3060. The van der Waals surface area contributed by atoms with Crippen molar-refractivity contribution in [3.63, 3.8) is 0 Å². The predicted octanol–water partition coefficient (Wildman–Crippen LogP) is -19.8. The Morgan fingerprint density at radius 1 is 0.389 bits per heavy atom. The van der Waals surface area contributed by atoms with Gasteiger partial charge in [0.15, 0.2) is 31.5 Å². The van der Waals surface area contributed by atoms with Gasteiger partial charge in [-0.2, -0.15) is 0 Å². The van der Waals surface area contributed by atoms with Gasteiger partial charge in [0.1, 0.15) is 183 Å². The Morgan fingerprint density at radius 2 is 0.770 bits per heavy atom. The molecular formula is C62H104N4O47. The first-order valence-corrected chi connectivity index (χ1v) is 35.3. The Hall–Kier alpha value is -4.74. The largest absolute Gasteiger partial charge is 0.477 e. The molecule has 654 valence electrons. The minimum Gasteiger partial charge on any atom is -0.477 e. The van der Waals surface area contributed by atoms with Crippen LogP contribution < -0.4 is 21.3 Å². The number of amides is 4. The average molecular weight is 1660 g/mol. The molecule has 0 aromatic carbocycles. The lowest BCUT2D eigenvalue weighted by Crippen LogP contribution is -2.71. The molecule has 0 aromatic heterocycles. The minimum atomic E-state index is -3.28. The Balaban J connectivity index is 1.15. The lowest BCUT2D eigenvalue weighted by Gasteiger charge is -2.51. The highest BCUT2D eigenvalue weighted by atomic mass is 16.8. The van der Waals surface area contributed by atoms with Crippen molar-refractivity contribution in [2.24, 2.45) is 0 Å². The number of aliphatic hydroxyl groups excluding tert-OH is 25. The maximum atomic E-state index is 13.2. The summed E-state index contributed by atoms with van der Waals surface area (Å²) >= 11 is 0. The molecule has 113 heavy (non-hydrogen) atoms. The molecule has 0 aliphatic carbocycles. The zero-order valence-corrected chi connectivity index (χ0v) is 60.5. The van der Waals surface area contributed by atoms with E-state index in [4.69, 9.17) is 66.3 Å². The molecule has 41 atom stereocenters. The average Bonchev–Trinajstić information content (AvgIpc) is 0.764. The SMILES string of the molecule is CC(=O)N[C@H]1[C@H](O[C@H]2[C@@H](O)[C@@H](CO[C@@H]3O[C@H](CO)[C@@H](O[C@@H]4O[C@H](CO)[C@H](O)[C@H](O[C@]5(C(=O)O)C[C@H](O)[C@@H](NC(C)=O)[C@H]([C@H](O)[C@H](O)CO)O5)[C@H]4O)[C@H](O)[C@H]3NC(C)=O)O[C@@H](O[C@@H]([C@H](O)[C@@H](O)CO)[C@H](O)CO)[C@@H]2O)O[C@H](CO)[C@@H](O[C@@H]2O[C@H](CO[C@]3(C(=O)O)C[C@H](O)[C@@H](NC(C)=O)[C@H]([C@H](O)[C@H](O)CO)O3)[C@H](O)[C@H](O)[C@H]2O)[C@@H]1O. The molecule has 0 spiro atoms. The van der Waals surface area contributed by atoms with Gasteiger partial charge in [-0.3, -0.25) is 19.2 Å². The first-order valence-electron chi connectivity index (χ1n) is 35.3. The van der Waals surface area contributed by atoms with Gasteiger partial charge in [0.05, 0.1) is 83.8 Å². The van der Waals surface area contributed by atoms with Crippen molar-refractivity contribution in [1.82, 2.24) is 21.3 Å². The second-order valence-electron chi connectivity index (χ2n) is 28.0. The molecule has 7 aliphatic rings. The van der Waals surface area contributed by atoms with Crippen LogP contribution in [0.25, 0.3) is 0 Å². The summed E-state index contributed by atoms with van der Waals surface area (Å²) in [6.07, 6.45) is -80.3. The maximum absolute atomic E-state index is 13.2. The van der Waals surface area contributed by atoms with E-state index in [0.29, 0.717) is 0 Å². The number of nitrogens with one attached hydrogen (secondary N) is 4. The Morgan fingerprint density at radius 3 is 1.23 bits per heavy atom. The van der Waals surface area contributed by atoms with Gasteiger partial charge < -0.3 is 225 Å². The lowest BCUT2D eigenvalue weighted by molar-refractivity contribution is -0.385. The molecule has 0 unspecified atom stereocenters. The molecule has 7 rings (SSSR count). The smallest absolute Gasteiger partial charge is 0.364 e. The van der Waals surface area contributed by atoms with Gasteiger partial charge in [0.25, 0.3) is 11.6 Å². The van der Waals surface area contributed by atoms with E-state index >= 15 is 0 Å². The second kappa shape index (κ2) is 41.3. The number of aliphatic carboxylic acids is 2. The number of aliphatic hydroxyl groups is 25. The van der Waals surface area contributed by atoms with Gasteiger partial charge in [-0.1, -0.05) is 0 Å². The number of carbonyl (C=O) groups excluding carboxylic acids is 4. The number of carbonyl (C=O) groups is 6. The first kappa shape index (κ1) is 95.4. The number of carboxylic acid groups (broad SMARTS) is 2. The monoisotopic (exact) mass is 1660 g/mol. The maximum Gasteiger partial charge on any atom is 0.364 e. The van der Waals surface area contributed by atoms with Crippen LogP contribution in [0.5, 0.6) is 0 Å². The molecule has 7 heterocycles. The lowest BCUT2D eigenvalue weighted by atomic mass is 9.88. The first-order chi connectivity index (χ1) is 53.0. The number of carboxylic acids is 2. The van der Waals surface area contributed by atoms with Crippen LogP contribution in [0.2, 0.25) is 0 Å². The summed E-state index contributed by atoms with van der Waals surface area (Å²) in [6.45, 7) is -7.29. The number of hydrogen-bond acceptors (Lipinski definition) is 45. The van der Waals surface area contributed by atoms with Crippen LogP contribution in [0.4, 0.5) is 0 Å². The highest BCUT2D eigenvalue weighted by Crippen LogP contribution is 2.41. The number of ether oxygens (including phenoxy) is 14. The van der Waals surface area contributed by atoms with Crippen molar-refractivity contribution in [3.8, 4) is 0 Å². The van der Waals surface area contributed by atoms with Crippen LogP contribution >= 0.6 is 0 Å². The highest BCUT2D eigenvalue weighted by molar-refractivity contribution is 5.78. The normalized spacial score (nSPS) is 42.6. The molecule has 51 heteroatoms. The summed E-state index contributed by atoms with van der Waals surface area (Å²) in [5, 5.41) is 304. The molecule has 7 saturated heterocycles. The van der Waals surface area contributed by atoms with Gasteiger partial charge >= 0.3 is 11.9 Å². The van der Waals surface area contributed by atoms with Gasteiger partial charge in [0.2, 0.25) is 23.6 Å². The van der Waals surface area contributed by atoms with Crippen molar-refractivity contribution in [2.45, 2.75) is 291 Å². The summed E-state index contributed by atoms with van der Waals surface area (Å²) in [6, 6.07) is -7.44. The zero-order valence-electron chi connectivity index (χ0n) is 60.5. The van der Waals surface area contributed by atoms with Crippen LogP contribution in [0, 0.1) is 0 Å². The highest BCUT2D eigenvalue weighted by Gasteiger charge is 2.63. The standard InChI is InChI=1S/C62H104N4O47/c1-16(74)63-31-20(78)5-61(59(96)97,111-50(31)36(85)23(81)8-68)101-15-30-38(87)43(92)44(93)56(106-30)108-49-28(13-73)104-55(34(42(49)91)66-19(4)77)110-52-40(89)29(105-57(45(52)94)107-47(25(83)10-70)35(84)22(80)7-67)14-100-54-33(65-18(3)76)41(90)48(27(12-72)103-54)109-58-46(95)53(39(88)26(11-71)102-58)113-62(60(98)99)6-21(79)32(64-17(2)75)51(112-62)37(86)24(82)9-69/h20-58,67-73,78-95H,5-15H2,1-4H3,(H,63,74)(H,64,75)(H,65,76)(H,66,77)(H,96,97)(H,98,99)/t20-,21-,22-,23+,24+,25+,26+,27+,28+,29+,30+,31+,32+,33+,34+,35+,36+,37+,38-,39-,40-,41+,42+,43-,44+,45+,46+,47+,48+,49+,50+,51+,52-,53-,54+,55-,56-,57-,58-,61+,62-/m0/s1. The van der Waals surface area contributed by atoms with Crippen LogP contribution in [0.1, 0.15) is 40.5 Å². The van der Waals surface area contributed by atoms with Crippen LogP contribution in [0.15, 0.2) is 0 Å². The molecule has 4 amide bonds. The fraction of sp³-hybridized carbons (Fsp3) is 0.903. The summed E-state index contributed by atoms with van der Waals surface area (Å²) < 4.78 is 81.2. The van der Waals surface area contributed by atoms with Crippen LogP contribution in [-0.4, -0.2) is 483 Å². The van der Waals surface area contributed by atoms with E-state index < -0.39 is 358 Å². The Kier molecular flexibility index (Phi) is 34.9. The van der Waals surface area contributed by atoms with E-state index in [0.717, 1.165) is 27.7 Å². The van der Waals surface area contributed by atoms with Crippen molar-refractivity contribution < 1.29 is 233 Å². The van der Waals surface area contributed by atoms with Crippen LogP contribution in [-0.2, 0) is 95.1 Å². The summed E-state index contributed by atoms with van der Waals surface area (Å²) in [7, 11) is 0. The van der Waals surface area contributed by atoms with E-state index in [1.807, 2.05) is 0 Å². The third-order valence-electron chi connectivity index (χ3n) is 19.8. The molecule has 31 N–H and O–H groups in total. The van der Waals surface area contributed by atoms with Crippen molar-refractivity contribution in [1.29, 1.82) is 0 Å². The quantitative estimate of drug-likeness (QED) is 0.0277. The summed E-state index contributed by atoms with van der Waals surface area (Å²) in [5.41, 5.74) is 0. The second-order valence-corrected chi connectivity index (χ2v) is 28.0. The van der Waals surface area contributed by atoms with E-state index in [-0.39, 0.29) is 0 Å². The fourth-order valence-electron chi connectivity index (χ4n) is 13.9. The van der Waals surface area contributed by atoms with E-state index in [1.54, 1.807) is 0 Å². The molecule has 0 radical (unpaired) electrons.